The first-order valence-electron chi connectivity index (χ1n) is 5.15. The van der Waals surface area contributed by atoms with Crippen molar-refractivity contribution in [3.8, 4) is 11.3 Å². The first-order chi connectivity index (χ1) is 7.34. The minimum absolute atomic E-state index is 0.0227. The molecule has 0 radical (unpaired) electrons. The van der Waals surface area contributed by atoms with Gasteiger partial charge < -0.3 is 4.98 Å². The molecule has 3 rings (SSSR count). The van der Waals surface area contributed by atoms with E-state index in [2.05, 4.69) is 17.1 Å². The average Bonchev–Trinajstić information content (AvgIpc) is 2.29. The summed E-state index contributed by atoms with van der Waals surface area (Å²) in [6.45, 7) is 0. The summed E-state index contributed by atoms with van der Waals surface area (Å²) in [6, 6.07) is 11.8. The summed E-state index contributed by atoms with van der Waals surface area (Å²) < 4.78 is 0. The first kappa shape index (κ1) is 8.48. The van der Waals surface area contributed by atoms with Crippen LogP contribution in [0.5, 0.6) is 0 Å². The molecule has 0 saturated heterocycles. The molecule has 0 unspecified atom stereocenters. The van der Waals surface area contributed by atoms with E-state index in [4.69, 9.17) is 0 Å². The molecule has 1 N–H and O–H groups in total. The van der Waals surface area contributed by atoms with Crippen LogP contribution in [0.15, 0.2) is 41.2 Å². The maximum atomic E-state index is 11.3. The zero-order chi connectivity index (χ0) is 10.3. The van der Waals surface area contributed by atoms with Crippen LogP contribution in [-0.4, -0.2) is 4.98 Å². The summed E-state index contributed by atoms with van der Waals surface area (Å²) in [5.74, 6) is 0. The Hall–Kier alpha value is -1.83. The topological polar surface area (TPSA) is 32.9 Å². The normalized spacial score (nSPS) is 13.1. The number of nitrogens with one attached hydrogen (secondary N) is 1. The van der Waals surface area contributed by atoms with Crippen molar-refractivity contribution >= 4 is 0 Å². The molecule has 0 spiro atoms. The van der Waals surface area contributed by atoms with E-state index in [0.29, 0.717) is 0 Å². The predicted octanol–water partition coefficient (Wildman–Crippen LogP) is 2.14. The number of pyridine rings is 1. The second-order valence-corrected chi connectivity index (χ2v) is 3.88. The van der Waals surface area contributed by atoms with Gasteiger partial charge in [0.2, 0.25) is 5.56 Å². The predicted molar refractivity (Wildman–Crippen MR) is 59.9 cm³/mol. The van der Waals surface area contributed by atoms with Gasteiger partial charge in [-0.25, -0.2) is 0 Å². The third-order valence-electron chi connectivity index (χ3n) is 2.96. The van der Waals surface area contributed by atoms with Crippen LogP contribution >= 0.6 is 0 Å². The van der Waals surface area contributed by atoms with Crippen LogP contribution in [0.2, 0.25) is 0 Å². The highest BCUT2D eigenvalue weighted by atomic mass is 16.1. The molecule has 1 aromatic carbocycles. The number of aromatic nitrogens is 1. The van der Waals surface area contributed by atoms with Gasteiger partial charge >= 0.3 is 0 Å². The maximum absolute atomic E-state index is 11.3. The van der Waals surface area contributed by atoms with Gasteiger partial charge in [-0.2, -0.15) is 0 Å². The third kappa shape index (κ3) is 1.30. The Kier molecular flexibility index (Phi) is 1.75. The summed E-state index contributed by atoms with van der Waals surface area (Å²) in [5, 5.41) is 0. The van der Waals surface area contributed by atoms with Crippen molar-refractivity contribution in [1.29, 1.82) is 0 Å². The summed E-state index contributed by atoms with van der Waals surface area (Å²) >= 11 is 0. The van der Waals surface area contributed by atoms with Crippen molar-refractivity contribution in [2.24, 2.45) is 0 Å². The second-order valence-electron chi connectivity index (χ2n) is 3.88. The zero-order valence-electron chi connectivity index (χ0n) is 8.29. The third-order valence-corrected chi connectivity index (χ3v) is 2.96. The van der Waals surface area contributed by atoms with Crippen molar-refractivity contribution in [3.05, 3.63) is 57.9 Å². The molecule has 1 aromatic heterocycles. The van der Waals surface area contributed by atoms with Gasteiger partial charge in [0.25, 0.3) is 0 Å². The van der Waals surface area contributed by atoms with Gasteiger partial charge in [-0.15, -0.1) is 0 Å². The zero-order valence-corrected chi connectivity index (χ0v) is 8.29. The van der Waals surface area contributed by atoms with Crippen molar-refractivity contribution in [3.63, 3.8) is 0 Å². The maximum Gasteiger partial charge on any atom is 0.248 e. The Labute approximate surface area is 87.6 Å². The highest BCUT2D eigenvalue weighted by molar-refractivity contribution is 5.69. The quantitative estimate of drug-likeness (QED) is 0.689. The van der Waals surface area contributed by atoms with Crippen LogP contribution in [0, 0.1) is 0 Å². The summed E-state index contributed by atoms with van der Waals surface area (Å²) in [6.07, 6.45) is 2.08. The molecule has 0 amide bonds. The largest absolute Gasteiger partial charge is 0.322 e. The van der Waals surface area contributed by atoms with Crippen molar-refractivity contribution in [1.82, 2.24) is 4.98 Å². The minimum Gasteiger partial charge on any atom is -0.322 e. The van der Waals surface area contributed by atoms with Crippen molar-refractivity contribution in [2.45, 2.75) is 12.8 Å². The highest BCUT2D eigenvalue weighted by Gasteiger charge is 2.15. The second kappa shape index (κ2) is 3.09. The van der Waals surface area contributed by atoms with E-state index in [-0.39, 0.29) is 5.56 Å². The molecule has 0 atom stereocenters. The number of rotatable bonds is 0. The van der Waals surface area contributed by atoms with E-state index in [9.17, 15) is 4.79 Å². The van der Waals surface area contributed by atoms with Crippen LogP contribution in [0.4, 0.5) is 0 Å². The molecule has 2 heteroatoms. The minimum atomic E-state index is -0.0227. The molecular weight excluding hydrogens is 186 g/mol. The fourth-order valence-electron chi connectivity index (χ4n) is 2.20. The summed E-state index contributed by atoms with van der Waals surface area (Å²) in [7, 11) is 0. The van der Waals surface area contributed by atoms with E-state index >= 15 is 0 Å². The summed E-state index contributed by atoms with van der Waals surface area (Å²) in [4.78, 5) is 14.2. The lowest BCUT2D eigenvalue weighted by Crippen LogP contribution is -2.12. The van der Waals surface area contributed by atoms with E-state index in [1.54, 1.807) is 6.07 Å². The number of fused-ring (bicyclic) bond motifs is 3. The number of aryl methyl sites for hydroxylation is 2. The molecule has 0 aliphatic heterocycles. The standard InChI is InChI=1S/C13H11NO/c15-12-8-7-10-6-5-9-3-1-2-4-11(9)13(10)14-12/h1-4,7-8H,5-6H2,(H,14,15). The van der Waals surface area contributed by atoms with Gasteiger partial charge in [-0.1, -0.05) is 30.3 Å². The fourth-order valence-corrected chi connectivity index (χ4v) is 2.20. The summed E-state index contributed by atoms with van der Waals surface area (Å²) in [5.41, 5.74) is 4.73. The van der Waals surface area contributed by atoms with Crippen LogP contribution in [-0.2, 0) is 12.8 Å². The Balaban J connectivity index is 2.33. The molecule has 1 aliphatic rings. The van der Waals surface area contributed by atoms with Gasteiger partial charge in [0.15, 0.2) is 0 Å². The number of benzene rings is 1. The molecular formula is C13H11NO. The molecule has 2 nitrogen and oxygen atoms in total. The number of hydrogen-bond donors (Lipinski definition) is 1. The monoisotopic (exact) mass is 197 g/mol. The number of hydrogen-bond acceptors (Lipinski definition) is 1. The van der Waals surface area contributed by atoms with Gasteiger partial charge in [-0.3, -0.25) is 4.79 Å². The highest BCUT2D eigenvalue weighted by Crippen LogP contribution is 2.30. The lowest BCUT2D eigenvalue weighted by molar-refractivity contribution is 0.923. The lowest BCUT2D eigenvalue weighted by Gasteiger charge is -2.18. The van der Waals surface area contributed by atoms with E-state index in [1.165, 1.54) is 16.7 Å². The van der Waals surface area contributed by atoms with Crippen molar-refractivity contribution < 1.29 is 0 Å². The molecule has 1 heterocycles. The van der Waals surface area contributed by atoms with Gasteiger partial charge in [0.05, 0.1) is 5.69 Å². The molecule has 0 fully saturated rings. The first-order valence-corrected chi connectivity index (χ1v) is 5.15. The Morgan fingerprint density at radius 3 is 2.67 bits per heavy atom. The SMILES string of the molecule is O=c1ccc2c([nH]1)-c1ccccc1CC2. The molecule has 74 valence electrons. The van der Waals surface area contributed by atoms with E-state index in [0.717, 1.165) is 18.5 Å². The Bertz CT molecular complexity index is 569. The number of H-pyrrole nitrogens is 1. The lowest BCUT2D eigenvalue weighted by atomic mass is 9.89. The molecule has 1 aliphatic carbocycles. The fraction of sp³-hybridized carbons (Fsp3) is 0.154. The smallest absolute Gasteiger partial charge is 0.248 e. The van der Waals surface area contributed by atoms with Crippen molar-refractivity contribution in [2.75, 3.05) is 0 Å². The van der Waals surface area contributed by atoms with Crippen LogP contribution < -0.4 is 5.56 Å². The Morgan fingerprint density at radius 2 is 1.73 bits per heavy atom. The molecule has 0 bridgehead atoms. The van der Waals surface area contributed by atoms with Gasteiger partial charge in [0.1, 0.15) is 0 Å². The van der Waals surface area contributed by atoms with E-state index < -0.39 is 0 Å². The van der Waals surface area contributed by atoms with Gasteiger partial charge in [-0.05, 0) is 24.0 Å². The van der Waals surface area contributed by atoms with Gasteiger partial charge in [0, 0.05) is 11.6 Å². The molecule has 15 heavy (non-hydrogen) atoms. The van der Waals surface area contributed by atoms with Crippen LogP contribution in [0.3, 0.4) is 0 Å². The van der Waals surface area contributed by atoms with Crippen LogP contribution in [0.25, 0.3) is 11.3 Å². The Morgan fingerprint density at radius 1 is 0.933 bits per heavy atom. The van der Waals surface area contributed by atoms with E-state index in [1.807, 2.05) is 18.2 Å². The van der Waals surface area contributed by atoms with Crippen LogP contribution in [0.1, 0.15) is 11.1 Å². The average molecular weight is 197 g/mol. The number of aromatic amines is 1. The molecule has 0 saturated carbocycles. The molecule has 2 aromatic rings.